The van der Waals surface area contributed by atoms with Crippen molar-refractivity contribution < 1.29 is 0 Å². The van der Waals surface area contributed by atoms with Crippen molar-refractivity contribution in [3.05, 3.63) is 22.9 Å². The summed E-state index contributed by atoms with van der Waals surface area (Å²) >= 11 is 0. The van der Waals surface area contributed by atoms with Gasteiger partial charge in [0.15, 0.2) is 0 Å². The Morgan fingerprint density at radius 2 is 1.93 bits per heavy atom. The van der Waals surface area contributed by atoms with Crippen LogP contribution in [-0.4, -0.2) is 23.9 Å². The quantitative estimate of drug-likeness (QED) is 0.647. The molecule has 0 aliphatic carbocycles. The summed E-state index contributed by atoms with van der Waals surface area (Å²) in [6.45, 7) is 8.38. The third kappa shape index (κ3) is 1.42. The molecular formula is C12H17N3. The Hall–Kier alpha value is -1.38. The van der Waals surface area contributed by atoms with E-state index in [0.29, 0.717) is 0 Å². The highest BCUT2D eigenvalue weighted by Gasteiger charge is 2.23. The van der Waals surface area contributed by atoms with Crippen molar-refractivity contribution in [2.45, 2.75) is 33.9 Å². The number of pyridine rings is 1. The van der Waals surface area contributed by atoms with E-state index in [4.69, 9.17) is 0 Å². The molecule has 0 amide bonds. The van der Waals surface area contributed by atoms with Crippen molar-refractivity contribution >= 4 is 11.5 Å². The molecule has 0 saturated heterocycles. The van der Waals surface area contributed by atoms with Crippen LogP contribution >= 0.6 is 0 Å². The van der Waals surface area contributed by atoms with Gasteiger partial charge in [-0.3, -0.25) is 4.99 Å². The van der Waals surface area contributed by atoms with Gasteiger partial charge in [-0.2, -0.15) is 0 Å². The van der Waals surface area contributed by atoms with Crippen LogP contribution in [-0.2, 0) is 0 Å². The van der Waals surface area contributed by atoms with Crippen LogP contribution in [0.4, 0.5) is 5.82 Å². The molecule has 1 unspecified atom stereocenters. The van der Waals surface area contributed by atoms with Gasteiger partial charge in [0.2, 0.25) is 0 Å². The molecule has 1 aromatic heterocycles. The average Bonchev–Trinajstić information content (AvgIpc) is 2.18. The van der Waals surface area contributed by atoms with Crippen molar-refractivity contribution in [3.63, 3.8) is 0 Å². The van der Waals surface area contributed by atoms with Crippen molar-refractivity contribution in [1.29, 1.82) is 0 Å². The van der Waals surface area contributed by atoms with Crippen molar-refractivity contribution in [1.82, 2.24) is 4.98 Å². The second-order valence-electron chi connectivity index (χ2n) is 4.22. The standard InChI is InChI=1S/C12H17N3/c1-7-6-13-12-11(8(7)2)9(3)14-10(4)15(12)5/h6,10H,1-5H3. The topological polar surface area (TPSA) is 28.5 Å². The molecule has 2 heterocycles. The molecule has 2 rings (SSSR count). The van der Waals surface area contributed by atoms with Gasteiger partial charge in [-0.15, -0.1) is 0 Å². The smallest absolute Gasteiger partial charge is 0.139 e. The minimum Gasteiger partial charge on any atom is -0.337 e. The third-order valence-electron chi connectivity index (χ3n) is 3.21. The summed E-state index contributed by atoms with van der Waals surface area (Å²) in [7, 11) is 2.04. The molecule has 80 valence electrons. The second-order valence-corrected chi connectivity index (χ2v) is 4.22. The molecule has 1 aromatic rings. The Morgan fingerprint density at radius 1 is 1.27 bits per heavy atom. The van der Waals surface area contributed by atoms with E-state index < -0.39 is 0 Å². The van der Waals surface area contributed by atoms with Gasteiger partial charge in [0.1, 0.15) is 12.0 Å². The number of aromatic nitrogens is 1. The normalized spacial score (nSPS) is 19.9. The second kappa shape index (κ2) is 3.33. The number of hydrogen-bond donors (Lipinski definition) is 0. The summed E-state index contributed by atoms with van der Waals surface area (Å²) in [5.41, 5.74) is 4.83. The summed E-state index contributed by atoms with van der Waals surface area (Å²) < 4.78 is 0. The highest BCUT2D eigenvalue weighted by Crippen LogP contribution is 2.28. The molecule has 0 bridgehead atoms. The van der Waals surface area contributed by atoms with Gasteiger partial charge < -0.3 is 4.90 Å². The SMILES string of the molecule is CC1=NC(C)N(C)c2ncc(C)c(C)c21. The fraction of sp³-hybridized carbons (Fsp3) is 0.500. The van der Waals surface area contributed by atoms with Crippen LogP contribution in [0.3, 0.4) is 0 Å². The first-order chi connectivity index (χ1) is 7.02. The predicted molar refractivity (Wildman–Crippen MR) is 63.8 cm³/mol. The Bertz CT molecular complexity index is 435. The van der Waals surface area contributed by atoms with Crippen molar-refractivity contribution in [2.75, 3.05) is 11.9 Å². The molecule has 0 aromatic carbocycles. The largest absolute Gasteiger partial charge is 0.337 e. The monoisotopic (exact) mass is 203 g/mol. The van der Waals surface area contributed by atoms with E-state index in [1.54, 1.807) is 0 Å². The van der Waals surface area contributed by atoms with E-state index in [9.17, 15) is 0 Å². The van der Waals surface area contributed by atoms with Crippen LogP contribution in [0.2, 0.25) is 0 Å². The molecule has 15 heavy (non-hydrogen) atoms. The highest BCUT2D eigenvalue weighted by molar-refractivity contribution is 6.05. The molecule has 0 spiro atoms. The first-order valence-electron chi connectivity index (χ1n) is 5.26. The van der Waals surface area contributed by atoms with Crippen molar-refractivity contribution in [3.8, 4) is 0 Å². The van der Waals surface area contributed by atoms with E-state index in [1.807, 2.05) is 13.2 Å². The van der Waals surface area contributed by atoms with Gasteiger partial charge >= 0.3 is 0 Å². The first-order valence-corrected chi connectivity index (χ1v) is 5.26. The number of aliphatic imine (C=N–C) groups is 1. The van der Waals surface area contributed by atoms with Gasteiger partial charge in [-0.05, 0) is 38.8 Å². The average molecular weight is 203 g/mol. The molecule has 0 saturated carbocycles. The summed E-state index contributed by atoms with van der Waals surface area (Å²) in [6.07, 6.45) is 2.13. The minimum absolute atomic E-state index is 0.187. The molecule has 1 atom stereocenters. The maximum atomic E-state index is 4.61. The molecular weight excluding hydrogens is 186 g/mol. The lowest BCUT2D eigenvalue weighted by atomic mass is 10.0. The summed E-state index contributed by atoms with van der Waals surface area (Å²) in [5, 5.41) is 0. The third-order valence-corrected chi connectivity index (χ3v) is 3.21. The van der Waals surface area contributed by atoms with Crippen LogP contribution in [0.1, 0.15) is 30.5 Å². The van der Waals surface area contributed by atoms with Gasteiger partial charge in [-0.1, -0.05) is 0 Å². The number of anilines is 1. The Kier molecular flexibility index (Phi) is 2.25. The Balaban J connectivity index is 2.70. The Morgan fingerprint density at radius 3 is 2.60 bits per heavy atom. The maximum Gasteiger partial charge on any atom is 0.139 e. The fourth-order valence-electron chi connectivity index (χ4n) is 1.99. The van der Waals surface area contributed by atoms with E-state index in [0.717, 1.165) is 11.5 Å². The van der Waals surface area contributed by atoms with Crippen LogP contribution in [0.5, 0.6) is 0 Å². The minimum atomic E-state index is 0.187. The van der Waals surface area contributed by atoms with E-state index in [-0.39, 0.29) is 6.17 Å². The number of fused-ring (bicyclic) bond motifs is 1. The lowest BCUT2D eigenvalue weighted by molar-refractivity contribution is 0.701. The lowest BCUT2D eigenvalue weighted by Crippen LogP contribution is -2.34. The van der Waals surface area contributed by atoms with E-state index in [1.165, 1.54) is 16.7 Å². The van der Waals surface area contributed by atoms with Crippen molar-refractivity contribution in [2.24, 2.45) is 4.99 Å². The van der Waals surface area contributed by atoms with Gasteiger partial charge in [-0.25, -0.2) is 4.98 Å². The zero-order valence-electron chi connectivity index (χ0n) is 10.00. The molecule has 1 aliphatic rings. The number of rotatable bonds is 0. The van der Waals surface area contributed by atoms with E-state index >= 15 is 0 Å². The van der Waals surface area contributed by atoms with Crippen LogP contribution < -0.4 is 4.90 Å². The van der Waals surface area contributed by atoms with Gasteiger partial charge in [0, 0.05) is 24.5 Å². The summed E-state index contributed by atoms with van der Waals surface area (Å²) in [5.74, 6) is 1.05. The maximum absolute atomic E-state index is 4.61. The lowest BCUT2D eigenvalue weighted by Gasteiger charge is -2.31. The fourth-order valence-corrected chi connectivity index (χ4v) is 1.99. The highest BCUT2D eigenvalue weighted by atomic mass is 15.3. The number of hydrogen-bond acceptors (Lipinski definition) is 3. The number of nitrogens with zero attached hydrogens (tertiary/aromatic N) is 3. The van der Waals surface area contributed by atoms with Gasteiger partial charge in [0.25, 0.3) is 0 Å². The summed E-state index contributed by atoms with van der Waals surface area (Å²) in [4.78, 5) is 11.2. The number of aryl methyl sites for hydroxylation is 1. The molecule has 3 heteroatoms. The molecule has 0 fully saturated rings. The molecule has 0 N–H and O–H groups in total. The van der Waals surface area contributed by atoms with Crippen LogP contribution in [0, 0.1) is 13.8 Å². The van der Waals surface area contributed by atoms with Crippen LogP contribution in [0.15, 0.2) is 11.2 Å². The van der Waals surface area contributed by atoms with Crippen LogP contribution in [0.25, 0.3) is 0 Å². The zero-order chi connectivity index (χ0) is 11.2. The Labute approximate surface area is 90.9 Å². The molecule has 0 radical (unpaired) electrons. The molecule has 3 nitrogen and oxygen atoms in total. The molecule has 1 aliphatic heterocycles. The van der Waals surface area contributed by atoms with E-state index in [2.05, 4.69) is 42.6 Å². The summed E-state index contributed by atoms with van der Waals surface area (Å²) in [6, 6.07) is 0. The zero-order valence-corrected chi connectivity index (χ0v) is 10.00. The van der Waals surface area contributed by atoms with Gasteiger partial charge in [0.05, 0.1) is 0 Å². The first kappa shape index (κ1) is 10.1. The predicted octanol–water partition coefficient (Wildman–Crippen LogP) is 2.30.